The topological polar surface area (TPSA) is 72.6 Å². The Labute approximate surface area is 115 Å². The third-order valence-electron chi connectivity index (χ3n) is 3.24. The number of nitrogens with zero attached hydrogens (tertiary/aromatic N) is 1. The third kappa shape index (κ3) is 2.69. The van der Waals surface area contributed by atoms with E-state index in [-0.39, 0.29) is 4.90 Å². The lowest BCUT2D eigenvalue weighted by Gasteiger charge is -2.22. The first-order valence-electron chi connectivity index (χ1n) is 6.25. The molecule has 108 valence electrons. The Balaban J connectivity index is 3.56. The number of sulfonamides is 1. The molecule has 1 rings (SSSR count). The molecule has 0 saturated heterocycles. The molecule has 0 amide bonds. The van der Waals surface area contributed by atoms with Crippen molar-refractivity contribution >= 4 is 15.7 Å². The van der Waals surface area contributed by atoms with Crippen LogP contribution in [0.2, 0.25) is 0 Å². The fraction of sp³-hybridized carbons (Fsp3) is 0.538. The lowest BCUT2D eigenvalue weighted by atomic mass is 10.1. The average molecular weight is 286 g/mol. The molecule has 0 fully saturated rings. The smallest absolute Gasteiger partial charge is 0.243 e. The molecule has 1 aromatic rings. The first kappa shape index (κ1) is 15.8. The number of ether oxygens (including phenoxy) is 1. The number of benzene rings is 1. The van der Waals surface area contributed by atoms with E-state index in [1.807, 2.05) is 13.8 Å². The highest BCUT2D eigenvalue weighted by atomic mass is 32.2. The molecule has 0 aliphatic carbocycles. The van der Waals surface area contributed by atoms with Gasteiger partial charge in [-0.25, -0.2) is 8.42 Å². The number of rotatable bonds is 5. The number of anilines is 1. The number of aryl methyl sites for hydroxylation is 1. The zero-order valence-electron chi connectivity index (χ0n) is 12.1. The molecule has 19 heavy (non-hydrogen) atoms. The van der Waals surface area contributed by atoms with E-state index >= 15 is 0 Å². The van der Waals surface area contributed by atoms with E-state index in [0.717, 1.165) is 0 Å². The van der Waals surface area contributed by atoms with Crippen molar-refractivity contribution in [3.05, 3.63) is 17.2 Å². The summed E-state index contributed by atoms with van der Waals surface area (Å²) in [4.78, 5) is 0.287. The van der Waals surface area contributed by atoms with E-state index in [2.05, 4.69) is 0 Å². The molecule has 0 unspecified atom stereocenters. The van der Waals surface area contributed by atoms with Gasteiger partial charge in [-0.3, -0.25) is 0 Å². The number of methoxy groups -OCH3 is 1. The van der Waals surface area contributed by atoms with Gasteiger partial charge < -0.3 is 10.5 Å². The molecular weight excluding hydrogens is 264 g/mol. The second-order valence-electron chi connectivity index (χ2n) is 4.35. The maximum absolute atomic E-state index is 12.6. The van der Waals surface area contributed by atoms with Gasteiger partial charge in [-0.2, -0.15) is 4.31 Å². The highest BCUT2D eigenvalue weighted by molar-refractivity contribution is 7.89. The van der Waals surface area contributed by atoms with Crippen LogP contribution in [0.25, 0.3) is 0 Å². The Morgan fingerprint density at radius 3 is 2.21 bits per heavy atom. The molecule has 5 nitrogen and oxygen atoms in total. The Hall–Kier alpha value is -1.27. The predicted molar refractivity (Wildman–Crippen MR) is 77.0 cm³/mol. The van der Waals surface area contributed by atoms with Crippen LogP contribution in [0.5, 0.6) is 5.75 Å². The van der Waals surface area contributed by atoms with Gasteiger partial charge in [0, 0.05) is 13.1 Å². The summed E-state index contributed by atoms with van der Waals surface area (Å²) in [5.41, 5.74) is 7.50. The summed E-state index contributed by atoms with van der Waals surface area (Å²) in [5, 5.41) is 0. The summed E-state index contributed by atoms with van der Waals surface area (Å²) in [6.07, 6.45) is 0. The van der Waals surface area contributed by atoms with Crippen LogP contribution in [0.4, 0.5) is 5.69 Å². The summed E-state index contributed by atoms with van der Waals surface area (Å²) in [6.45, 7) is 7.97. The van der Waals surface area contributed by atoms with E-state index in [1.165, 1.54) is 11.4 Å². The maximum Gasteiger partial charge on any atom is 0.243 e. The summed E-state index contributed by atoms with van der Waals surface area (Å²) < 4.78 is 31.8. The quantitative estimate of drug-likeness (QED) is 0.839. The molecule has 0 atom stereocenters. The van der Waals surface area contributed by atoms with Gasteiger partial charge >= 0.3 is 0 Å². The van der Waals surface area contributed by atoms with Gasteiger partial charge in [-0.15, -0.1) is 0 Å². The maximum atomic E-state index is 12.6. The van der Waals surface area contributed by atoms with Crippen molar-refractivity contribution < 1.29 is 13.2 Å². The molecule has 0 aromatic heterocycles. The fourth-order valence-corrected chi connectivity index (χ4v) is 4.10. The van der Waals surface area contributed by atoms with Crippen LogP contribution in [0.3, 0.4) is 0 Å². The van der Waals surface area contributed by atoms with Crippen molar-refractivity contribution in [2.24, 2.45) is 0 Å². The minimum absolute atomic E-state index is 0.287. The molecule has 0 aliphatic heterocycles. The molecule has 2 N–H and O–H groups in total. The van der Waals surface area contributed by atoms with E-state index in [9.17, 15) is 8.42 Å². The summed E-state index contributed by atoms with van der Waals surface area (Å²) in [6, 6.07) is 1.67. The average Bonchev–Trinajstić information content (AvgIpc) is 2.34. The standard InChI is InChI=1S/C13H22N2O3S/c1-6-15(7-2)19(16,17)13-9(3)8-11(18-5)12(14)10(13)4/h8H,6-7,14H2,1-5H3. The van der Waals surface area contributed by atoms with Crippen molar-refractivity contribution in [3.63, 3.8) is 0 Å². The Morgan fingerprint density at radius 2 is 1.79 bits per heavy atom. The molecular formula is C13H22N2O3S. The minimum atomic E-state index is -3.51. The SMILES string of the molecule is CCN(CC)S(=O)(=O)c1c(C)cc(OC)c(N)c1C. The molecule has 6 heteroatoms. The summed E-state index contributed by atoms with van der Waals surface area (Å²) in [5.74, 6) is 0.508. The van der Waals surface area contributed by atoms with E-state index in [4.69, 9.17) is 10.5 Å². The van der Waals surface area contributed by atoms with Crippen LogP contribution in [0.15, 0.2) is 11.0 Å². The van der Waals surface area contributed by atoms with Crippen molar-refractivity contribution in [1.29, 1.82) is 0 Å². The zero-order chi connectivity index (χ0) is 14.8. The predicted octanol–water partition coefficient (Wildman–Crippen LogP) is 1.92. The molecule has 1 aromatic carbocycles. The molecule has 0 spiro atoms. The van der Waals surface area contributed by atoms with E-state index < -0.39 is 10.0 Å². The molecule has 0 radical (unpaired) electrons. The lowest BCUT2D eigenvalue weighted by molar-refractivity contribution is 0.415. The van der Waals surface area contributed by atoms with Gasteiger partial charge in [0.05, 0.1) is 17.7 Å². The van der Waals surface area contributed by atoms with Crippen LogP contribution < -0.4 is 10.5 Å². The van der Waals surface area contributed by atoms with Crippen molar-refractivity contribution in [3.8, 4) is 5.75 Å². The van der Waals surface area contributed by atoms with Crippen molar-refractivity contribution in [1.82, 2.24) is 4.31 Å². The van der Waals surface area contributed by atoms with E-state index in [1.54, 1.807) is 19.9 Å². The Morgan fingerprint density at radius 1 is 1.26 bits per heavy atom. The lowest BCUT2D eigenvalue weighted by Crippen LogP contribution is -2.31. The number of hydrogen-bond donors (Lipinski definition) is 1. The molecule has 0 saturated carbocycles. The Bertz CT molecular complexity index is 564. The largest absolute Gasteiger partial charge is 0.495 e. The third-order valence-corrected chi connectivity index (χ3v) is 5.58. The van der Waals surface area contributed by atoms with Crippen LogP contribution in [-0.2, 0) is 10.0 Å². The van der Waals surface area contributed by atoms with Crippen molar-refractivity contribution in [2.75, 3.05) is 25.9 Å². The number of hydrogen-bond acceptors (Lipinski definition) is 4. The zero-order valence-corrected chi connectivity index (χ0v) is 13.0. The highest BCUT2D eigenvalue weighted by Crippen LogP contribution is 2.34. The molecule has 0 bridgehead atoms. The van der Waals surface area contributed by atoms with Gasteiger partial charge in [-0.05, 0) is 31.0 Å². The van der Waals surface area contributed by atoms with Gasteiger partial charge in [-0.1, -0.05) is 13.8 Å². The van der Waals surface area contributed by atoms with Gasteiger partial charge in [0.15, 0.2) is 0 Å². The fourth-order valence-electron chi connectivity index (χ4n) is 2.20. The van der Waals surface area contributed by atoms with Gasteiger partial charge in [0.2, 0.25) is 10.0 Å². The first-order chi connectivity index (χ1) is 8.81. The highest BCUT2D eigenvalue weighted by Gasteiger charge is 2.27. The summed E-state index contributed by atoms with van der Waals surface area (Å²) >= 11 is 0. The minimum Gasteiger partial charge on any atom is -0.495 e. The summed E-state index contributed by atoms with van der Waals surface area (Å²) in [7, 11) is -2.00. The monoisotopic (exact) mass is 286 g/mol. The second kappa shape index (κ2) is 5.79. The molecule has 0 heterocycles. The molecule has 0 aliphatic rings. The number of nitrogen functional groups attached to an aromatic ring is 1. The van der Waals surface area contributed by atoms with Crippen LogP contribution in [-0.4, -0.2) is 32.9 Å². The van der Waals surface area contributed by atoms with Gasteiger partial charge in [0.1, 0.15) is 5.75 Å². The van der Waals surface area contributed by atoms with Crippen molar-refractivity contribution in [2.45, 2.75) is 32.6 Å². The van der Waals surface area contributed by atoms with Crippen LogP contribution in [0, 0.1) is 13.8 Å². The second-order valence-corrected chi connectivity index (χ2v) is 6.23. The van der Waals surface area contributed by atoms with Crippen LogP contribution >= 0.6 is 0 Å². The first-order valence-corrected chi connectivity index (χ1v) is 7.69. The van der Waals surface area contributed by atoms with E-state index in [0.29, 0.717) is 35.7 Å². The van der Waals surface area contributed by atoms with Crippen LogP contribution in [0.1, 0.15) is 25.0 Å². The van der Waals surface area contributed by atoms with Gasteiger partial charge in [0.25, 0.3) is 0 Å². The Kier molecular flexibility index (Phi) is 4.81. The number of nitrogens with two attached hydrogens (primary N) is 1. The normalized spacial score (nSPS) is 11.9.